The van der Waals surface area contributed by atoms with Gasteiger partial charge in [-0.1, -0.05) is 44.2 Å². The third kappa shape index (κ3) is 5.33. The zero-order valence-electron chi connectivity index (χ0n) is 13.2. The number of carbonyl (C=O) groups excluding carboxylic acids is 1. The molecule has 0 saturated carbocycles. The predicted octanol–water partition coefficient (Wildman–Crippen LogP) is 3.03. The lowest BCUT2D eigenvalue weighted by Gasteiger charge is -2.30. The third-order valence-electron chi connectivity index (χ3n) is 4.15. The fourth-order valence-corrected chi connectivity index (χ4v) is 2.93. The molecule has 1 amide bonds. The maximum Gasteiger partial charge on any atom is 0.221 e. The van der Waals surface area contributed by atoms with Crippen molar-refractivity contribution in [1.29, 1.82) is 0 Å². The van der Waals surface area contributed by atoms with Crippen molar-refractivity contribution >= 4 is 18.3 Å². The van der Waals surface area contributed by atoms with Gasteiger partial charge in [0.2, 0.25) is 5.91 Å². The van der Waals surface area contributed by atoms with Gasteiger partial charge in [-0.25, -0.2) is 0 Å². The Morgan fingerprint density at radius 2 is 2.00 bits per heavy atom. The van der Waals surface area contributed by atoms with Gasteiger partial charge in [0, 0.05) is 18.5 Å². The van der Waals surface area contributed by atoms with Crippen LogP contribution < -0.4 is 10.6 Å². The molecule has 2 unspecified atom stereocenters. The van der Waals surface area contributed by atoms with Crippen LogP contribution in [0.1, 0.15) is 45.6 Å². The zero-order valence-corrected chi connectivity index (χ0v) is 14.0. The summed E-state index contributed by atoms with van der Waals surface area (Å²) in [6.07, 6.45) is 2.59. The molecule has 118 valence electrons. The third-order valence-corrected chi connectivity index (χ3v) is 4.15. The first-order valence-electron chi connectivity index (χ1n) is 7.55. The Kier molecular flexibility index (Phi) is 6.69. The highest BCUT2D eigenvalue weighted by Crippen LogP contribution is 2.26. The van der Waals surface area contributed by atoms with E-state index in [1.54, 1.807) is 0 Å². The number of halogens is 1. The van der Waals surface area contributed by atoms with E-state index in [9.17, 15) is 4.79 Å². The molecule has 0 aromatic heterocycles. The van der Waals surface area contributed by atoms with Crippen molar-refractivity contribution < 1.29 is 4.79 Å². The summed E-state index contributed by atoms with van der Waals surface area (Å²) >= 11 is 0. The quantitative estimate of drug-likeness (QED) is 0.897. The maximum absolute atomic E-state index is 12.3. The van der Waals surface area contributed by atoms with Gasteiger partial charge in [-0.05, 0) is 37.3 Å². The summed E-state index contributed by atoms with van der Waals surface area (Å²) in [4.78, 5) is 12.3. The molecule has 4 heteroatoms. The molecule has 2 rings (SSSR count). The van der Waals surface area contributed by atoms with E-state index in [0.29, 0.717) is 18.5 Å². The summed E-state index contributed by atoms with van der Waals surface area (Å²) in [6, 6.07) is 11.1. The van der Waals surface area contributed by atoms with Crippen LogP contribution in [-0.2, 0) is 10.2 Å². The molecule has 1 aliphatic rings. The summed E-state index contributed by atoms with van der Waals surface area (Å²) in [7, 11) is 0. The lowest BCUT2D eigenvalue weighted by atomic mass is 9.81. The van der Waals surface area contributed by atoms with Crippen molar-refractivity contribution in [3.63, 3.8) is 0 Å². The number of amides is 1. The molecule has 1 aromatic carbocycles. The van der Waals surface area contributed by atoms with Crippen LogP contribution >= 0.6 is 12.4 Å². The summed E-state index contributed by atoms with van der Waals surface area (Å²) in [5.41, 5.74) is 1.10. The van der Waals surface area contributed by atoms with E-state index < -0.39 is 0 Å². The molecular formula is C17H27ClN2O. The number of carbonyl (C=O) groups is 1. The molecule has 21 heavy (non-hydrogen) atoms. The van der Waals surface area contributed by atoms with Gasteiger partial charge in [-0.3, -0.25) is 4.79 Å². The Morgan fingerprint density at radius 3 is 2.62 bits per heavy atom. The minimum atomic E-state index is -0.121. The molecule has 1 saturated heterocycles. The lowest BCUT2D eigenvalue weighted by Crippen LogP contribution is -2.47. The van der Waals surface area contributed by atoms with Crippen LogP contribution in [0.15, 0.2) is 30.3 Å². The first-order valence-corrected chi connectivity index (χ1v) is 7.55. The Hall–Kier alpha value is -1.06. The molecular weight excluding hydrogens is 284 g/mol. The Bertz CT molecular complexity index is 447. The number of hydrogen-bond acceptors (Lipinski definition) is 2. The fourth-order valence-electron chi connectivity index (χ4n) is 2.93. The molecule has 2 N–H and O–H groups in total. The van der Waals surface area contributed by atoms with Crippen LogP contribution in [0.5, 0.6) is 0 Å². The smallest absolute Gasteiger partial charge is 0.221 e. The second-order valence-electron chi connectivity index (χ2n) is 6.57. The highest BCUT2D eigenvalue weighted by Gasteiger charge is 2.26. The SMILES string of the molecule is CC1CC(NC(=O)CC(C)(C)c2ccccc2)CCN1.Cl. The number of nitrogens with one attached hydrogen (secondary N) is 2. The van der Waals surface area contributed by atoms with E-state index in [1.807, 2.05) is 18.2 Å². The van der Waals surface area contributed by atoms with Gasteiger partial charge >= 0.3 is 0 Å². The highest BCUT2D eigenvalue weighted by atomic mass is 35.5. The Balaban J connectivity index is 0.00000220. The van der Waals surface area contributed by atoms with E-state index in [-0.39, 0.29) is 23.7 Å². The summed E-state index contributed by atoms with van der Waals surface area (Å²) < 4.78 is 0. The number of piperidine rings is 1. The Labute approximate surface area is 134 Å². The highest BCUT2D eigenvalue weighted by molar-refractivity contribution is 5.85. The van der Waals surface area contributed by atoms with E-state index in [4.69, 9.17) is 0 Å². The second-order valence-corrected chi connectivity index (χ2v) is 6.57. The minimum absolute atomic E-state index is 0. The number of hydrogen-bond donors (Lipinski definition) is 2. The summed E-state index contributed by atoms with van der Waals surface area (Å²) in [5, 5.41) is 6.60. The van der Waals surface area contributed by atoms with Gasteiger partial charge in [-0.2, -0.15) is 0 Å². The van der Waals surface area contributed by atoms with Crippen molar-refractivity contribution in [2.75, 3.05) is 6.54 Å². The second kappa shape index (κ2) is 7.81. The minimum Gasteiger partial charge on any atom is -0.353 e. The van der Waals surface area contributed by atoms with Gasteiger partial charge in [0.05, 0.1) is 0 Å². The molecule has 0 bridgehead atoms. The molecule has 0 spiro atoms. The topological polar surface area (TPSA) is 41.1 Å². The van der Waals surface area contributed by atoms with Crippen molar-refractivity contribution in [2.45, 2.75) is 57.5 Å². The van der Waals surface area contributed by atoms with Crippen LogP contribution in [0.25, 0.3) is 0 Å². The van der Waals surface area contributed by atoms with Gasteiger partial charge in [0.25, 0.3) is 0 Å². The van der Waals surface area contributed by atoms with Gasteiger partial charge in [0.15, 0.2) is 0 Å². The van der Waals surface area contributed by atoms with Gasteiger partial charge < -0.3 is 10.6 Å². The van der Waals surface area contributed by atoms with E-state index in [1.165, 1.54) is 5.56 Å². The largest absolute Gasteiger partial charge is 0.353 e. The predicted molar refractivity (Wildman–Crippen MR) is 90.0 cm³/mol. The number of rotatable bonds is 4. The average Bonchev–Trinajstić information content (AvgIpc) is 2.39. The molecule has 1 fully saturated rings. The summed E-state index contributed by atoms with van der Waals surface area (Å²) in [5.74, 6) is 0.165. The molecule has 2 atom stereocenters. The van der Waals surface area contributed by atoms with Gasteiger partial charge in [-0.15, -0.1) is 12.4 Å². The monoisotopic (exact) mass is 310 g/mol. The molecule has 1 heterocycles. The van der Waals surface area contributed by atoms with Crippen LogP contribution in [0, 0.1) is 0 Å². The first-order chi connectivity index (χ1) is 9.47. The van der Waals surface area contributed by atoms with Crippen molar-refractivity contribution in [2.24, 2.45) is 0 Å². The Morgan fingerprint density at radius 1 is 1.33 bits per heavy atom. The molecule has 1 aromatic rings. The molecule has 0 radical (unpaired) electrons. The van der Waals surface area contributed by atoms with E-state index in [2.05, 4.69) is 43.5 Å². The standard InChI is InChI=1S/C17H26N2O.ClH/c1-13-11-15(9-10-18-13)19-16(20)12-17(2,3)14-7-5-4-6-8-14;/h4-8,13,15,18H,9-12H2,1-3H3,(H,19,20);1H. The normalized spacial score (nSPS) is 22.2. The average molecular weight is 311 g/mol. The first kappa shape index (κ1) is 18.0. The van der Waals surface area contributed by atoms with Crippen LogP contribution in [0.3, 0.4) is 0 Å². The van der Waals surface area contributed by atoms with E-state index in [0.717, 1.165) is 19.4 Å². The summed E-state index contributed by atoms with van der Waals surface area (Å²) in [6.45, 7) is 7.43. The maximum atomic E-state index is 12.3. The van der Waals surface area contributed by atoms with Gasteiger partial charge in [0.1, 0.15) is 0 Å². The fraction of sp³-hybridized carbons (Fsp3) is 0.588. The van der Waals surface area contributed by atoms with Crippen molar-refractivity contribution in [1.82, 2.24) is 10.6 Å². The molecule has 1 aliphatic heterocycles. The van der Waals surface area contributed by atoms with Crippen molar-refractivity contribution in [3.8, 4) is 0 Å². The van der Waals surface area contributed by atoms with Crippen LogP contribution in [0.4, 0.5) is 0 Å². The zero-order chi connectivity index (χ0) is 14.6. The van der Waals surface area contributed by atoms with Crippen LogP contribution in [0.2, 0.25) is 0 Å². The van der Waals surface area contributed by atoms with E-state index >= 15 is 0 Å². The molecule has 0 aliphatic carbocycles. The molecule has 3 nitrogen and oxygen atoms in total. The van der Waals surface area contributed by atoms with Crippen LogP contribution in [-0.4, -0.2) is 24.5 Å². The number of benzene rings is 1. The lowest BCUT2D eigenvalue weighted by molar-refractivity contribution is -0.123. The van der Waals surface area contributed by atoms with Crippen molar-refractivity contribution in [3.05, 3.63) is 35.9 Å².